The van der Waals surface area contributed by atoms with Crippen molar-refractivity contribution in [2.45, 2.75) is 13.0 Å². The molecule has 0 spiro atoms. The molecule has 4 nitrogen and oxygen atoms in total. The van der Waals surface area contributed by atoms with Gasteiger partial charge in [0.2, 0.25) is 0 Å². The van der Waals surface area contributed by atoms with Gasteiger partial charge >= 0.3 is 0 Å². The Morgan fingerprint density at radius 3 is 2.54 bits per heavy atom. The Morgan fingerprint density at radius 2 is 1.83 bits per heavy atom. The predicted molar refractivity (Wildman–Crippen MR) is 103 cm³/mol. The average Bonchev–Trinajstić information content (AvgIpc) is 2.61. The summed E-state index contributed by atoms with van der Waals surface area (Å²) in [4.78, 5) is 12.6. The monoisotopic (exact) mass is 339 g/mol. The Hall–Kier alpha value is -2.66. The molecule has 124 valence electrons. The molecular formula is C19H21N3OS. The molecule has 0 fully saturated rings. The van der Waals surface area contributed by atoms with Gasteiger partial charge in [-0.2, -0.15) is 0 Å². The summed E-state index contributed by atoms with van der Waals surface area (Å²) in [6.45, 7) is 6.15. The predicted octanol–water partition coefficient (Wildman–Crippen LogP) is 3.65. The number of rotatable bonds is 6. The van der Waals surface area contributed by atoms with E-state index in [1.807, 2.05) is 55.5 Å². The molecule has 0 radical (unpaired) electrons. The second-order valence-electron chi connectivity index (χ2n) is 5.28. The van der Waals surface area contributed by atoms with E-state index in [9.17, 15) is 4.79 Å². The minimum absolute atomic E-state index is 0.0856. The van der Waals surface area contributed by atoms with Crippen molar-refractivity contribution in [1.29, 1.82) is 0 Å². The number of hydrogen-bond acceptors (Lipinski definition) is 2. The molecule has 0 saturated heterocycles. The zero-order valence-corrected chi connectivity index (χ0v) is 14.4. The van der Waals surface area contributed by atoms with Crippen LogP contribution in [0.5, 0.6) is 0 Å². The SMILES string of the molecule is C=CCNC(=S)Nc1ccccc1C(=O)NC(C)c1ccccc1. The van der Waals surface area contributed by atoms with Crippen LogP contribution in [0.15, 0.2) is 67.3 Å². The van der Waals surface area contributed by atoms with E-state index in [2.05, 4.69) is 22.5 Å². The third-order valence-electron chi connectivity index (χ3n) is 3.47. The quantitative estimate of drug-likeness (QED) is 0.555. The second kappa shape index (κ2) is 8.84. The molecule has 2 rings (SSSR count). The van der Waals surface area contributed by atoms with Gasteiger partial charge in [0.25, 0.3) is 5.91 Å². The van der Waals surface area contributed by atoms with Crippen molar-refractivity contribution >= 4 is 28.9 Å². The highest BCUT2D eigenvalue weighted by Gasteiger charge is 2.15. The topological polar surface area (TPSA) is 53.2 Å². The van der Waals surface area contributed by atoms with Crippen LogP contribution < -0.4 is 16.0 Å². The van der Waals surface area contributed by atoms with Crippen LogP contribution in [-0.4, -0.2) is 17.6 Å². The minimum Gasteiger partial charge on any atom is -0.359 e. The first-order valence-electron chi connectivity index (χ1n) is 7.72. The first-order chi connectivity index (χ1) is 11.6. The number of para-hydroxylation sites is 1. The summed E-state index contributed by atoms with van der Waals surface area (Å²) < 4.78 is 0. The van der Waals surface area contributed by atoms with Crippen molar-refractivity contribution in [1.82, 2.24) is 10.6 Å². The fourth-order valence-electron chi connectivity index (χ4n) is 2.22. The van der Waals surface area contributed by atoms with Crippen LogP contribution in [0.1, 0.15) is 28.9 Å². The highest BCUT2D eigenvalue weighted by molar-refractivity contribution is 7.80. The Bertz CT molecular complexity index is 716. The third kappa shape index (κ3) is 4.93. The largest absolute Gasteiger partial charge is 0.359 e. The summed E-state index contributed by atoms with van der Waals surface area (Å²) in [6, 6.07) is 17.0. The van der Waals surface area contributed by atoms with Crippen LogP contribution in [0.3, 0.4) is 0 Å². The molecule has 0 aliphatic heterocycles. The molecule has 1 amide bonds. The molecule has 2 aromatic carbocycles. The molecule has 0 aromatic heterocycles. The Balaban J connectivity index is 2.09. The maximum absolute atomic E-state index is 12.6. The molecule has 2 aromatic rings. The number of benzene rings is 2. The summed E-state index contributed by atoms with van der Waals surface area (Å²) >= 11 is 5.21. The van der Waals surface area contributed by atoms with Crippen LogP contribution >= 0.6 is 12.2 Å². The van der Waals surface area contributed by atoms with Crippen LogP contribution in [0.2, 0.25) is 0 Å². The Labute approximate surface area is 148 Å². The number of thiocarbonyl (C=S) groups is 1. The highest BCUT2D eigenvalue weighted by atomic mass is 32.1. The fourth-order valence-corrected chi connectivity index (χ4v) is 2.41. The van der Waals surface area contributed by atoms with Gasteiger partial charge in [-0.05, 0) is 36.8 Å². The summed E-state index contributed by atoms with van der Waals surface area (Å²) in [5.74, 6) is -0.152. The molecule has 0 heterocycles. The number of nitrogens with one attached hydrogen (secondary N) is 3. The van der Waals surface area contributed by atoms with Crippen molar-refractivity contribution in [3.8, 4) is 0 Å². The molecule has 0 bridgehead atoms. The van der Waals surface area contributed by atoms with E-state index in [0.29, 0.717) is 22.9 Å². The van der Waals surface area contributed by atoms with Gasteiger partial charge in [0.15, 0.2) is 5.11 Å². The van der Waals surface area contributed by atoms with E-state index < -0.39 is 0 Å². The van der Waals surface area contributed by atoms with Crippen LogP contribution in [-0.2, 0) is 0 Å². The molecule has 1 unspecified atom stereocenters. The number of carbonyl (C=O) groups excluding carboxylic acids is 1. The van der Waals surface area contributed by atoms with Gasteiger partial charge in [-0.25, -0.2) is 0 Å². The highest BCUT2D eigenvalue weighted by Crippen LogP contribution is 2.17. The average molecular weight is 339 g/mol. The van der Waals surface area contributed by atoms with Gasteiger partial charge in [-0.1, -0.05) is 48.5 Å². The van der Waals surface area contributed by atoms with Gasteiger partial charge in [-0.15, -0.1) is 6.58 Å². The van der Waals surface area contributed by atoms with E-state index in [-0.39, 0.29) is 11.9 Å². The van der Waals surface area contributed by atoms with E-state index in [1.54, 1.807) is 12.1 Å². The van der Waals surface area contributed by atoms with E-state index >= 15 is 0 Å². The lowest BCUT2D eigenvalue weighted by Crippen LogP contribution is -2.31. The lowest BCUT2D eigenvalue weighted by molar-refractivity contribution is 0.0941. The van der Waals surface area contributed by atoms with Crippen molar-refractivity contribution in [2.24, 2.45) is 0 Å². The summed E-state index contributed by atoms with van der Waals surface area (Å²) in [5, 5.41) is 9.50. The Kier molecular flexibility index (Phi) is 6.51. The third-order valence-corrected chi connectivity index (χ3v) is 3.72. The number of anilines is 1. The first-order valence-corrected chi connectivity index (χ1v) is 8.13. The second-order valence-corrected chi connectivity index (χ2v) is 5.68. The van der Waals surface area contributed by atoms with E-state index in [4.69, 9.17) is 12.2 Å². The molecule has 0 aliphatic carbocycles. The number of carbonyl (C=O) groups is 1. The standard InChI is InChI=1S/C19H21N3OS/c1-3-13-20-19(24)22-17-12-8-7-11-16(17)18(23)21-14(2)15-9-5-4-6-10-15/h3-12,14H,1,13H2,2H3,(H,21,23)(H2,20,22,24). The maximum atomic E-state index is 12.6. The number of hydrogen-bond donors (Lipinski definition) is 3. The van der Waals surface area contributed by atoms with Crippen molar-refractivity contribution in [3.05, 3.63) is 78.4 Å². The number of amides is 1. The molecule has 0 saturated carbocycles. The van der Waals surface area contributed by atoms with Gasteiger partial charge in [0.1, 0.15) is 0 Å². The summed E-state index contributed by atoms with van der Waals surface area (Å²) in [7, 11) is 0. The fraction of sp³-hybridized carbons (Fsp3) is 0.158. The normalized spacial score (nSPS) is 11.2. The summed E-state index contributed by atoms with van der Waals surface area (Å²) in [5.41, 5.74) is 2.26. The molecule has 3 N–H and O–H groups in total. The molecule has 1 atom stereocenters. The molecule has 24 heavy (non-hydrogen) atoms. The van der Waals surface area contributed by atoms with Gasteiger partial charge in [-0.3, -0.25) is 4.79 Å². The maximum Gasteiger partial charge on any atom is 0.253 e. The molecular weight excluding hydrogens is 318 g/mol. The van der Waals surface area contributed by atoms with Crippen molar-refractivity contribution in [2.75, 3.05) is 11.9 Å². The van der Waals surface area contributed by atoms with Gasteiger partial charge in [0, 0.05) is 6.54 Å². The van der Waals surface area contributed by atoms with Crippen LogP contribution in [0, 0.1) is 0 Å². The molecule has 0 aliphatic rings. The van der Waals surface area contributed by atoms with Crippen LogP contribution in [0.25, 0.3) is 0 Å². The van der Waals surface area contributed by atoms with Crippen molar-refractivity contribution < 1.29 is 4.79 Å². The lowest BCUT2D eigenvalue weighted by atomic mass is 10.1. The smallest absolute Gasteiger partial charge is 0.253 e. The molecule has 5 heteroatoms. The summed E-state index contributed by atoms with van der Waals surface area (Å²) in [6.07, 6.45) is 1.72. The zero-order valence-electron chi connectivity index (χ0n) is 13.6. The zero-order chi connectivity index (χ0) is 17.4. The van der Waals surface area contributed by atoms with Gasteiger partial charge in [0.05, 0.1) is 17.3 Å². The van der Waals surface area contributed by atoms with Crippen LogP contribution in [0.4, 0.5) is 5.69 Å². The van der Waals surface area contributed by atoms with E-state index in [1.165, 1.54) is 0 Å². The lowest BCUT2D eigenvalue weighted by Gasteiger charge is -2.17. The van der Waals surface area contributed by atoms with Gasteiger partial charge < -0.3 is 16.0 Å². The Morgan fingerprint density at radius 1 is 1.17 bits per heavy atom. The first kappa shape index (κ1) is 17.7. The van der Waals surface area contributed by atoms with Crippen molar-refractivity contribution in [3.63, 3.8) is 0 Å². The minimum atomic E-state index is -0.152. The van der Waals surface area contributed by atoms with E-state index in [0.717, 1.165) is 5.56 Å².